The predicted molar refractivity (Wildman–Crippen MR) is 85.2 cm³/mol. The monoisotopic (exact) mass is 331 g/mol. The van der Waals surface area contributed by atoms with Gasteiger partial charge in [-0.25, -0.2) is 9.97 Å². The van der Waals surface area contributed by atoms with Gasteiger partial charge in [-0.1, -0.05) is 12.1 Å². The summed E-state index contributed by atoms with van der Waals surface area (Å²) >= 11 is 1.63. The first-order chi connectivity index (χ1) is 11.3. The molecule has 0 spiro atoms. The number of hydrogen-bond donors (Lipinski definition) is 0. The molecule has 0 saturated carbocycles. The zero-order chi connectivity index (χ0) is 15.6. The Morgan fingerprint density at radius 1 is 1.39 bits per heavy atom. The second-order valence-electron chi connectivity index (χ2n) is 5.50. The Morgan fingerprint density at radius 3 is 3.17 bits per heavy atom. The average molecular weight is 331 g/mol. The highest BCUT2D eigenvalue weighted by Crippen LogP contribution is 2.36. The molecule has 120 valence electrons. The Balaban J connectivity index is 1.57. The van der Waals surface area contributed by atoms with E-state index >= 15 is 0 Å². The molecular weight excluding hydrogens is 314 g/mol. The number of rotatable bonds is 5. The fourth-order valence-corrected chi connectivity index (χ4v) is 3.55. The summed E-state index contributed by atoms with van der Waals surface area (Å²) in [5.74, 6) is 1.81. The molecule has 0 aromatic carbocycles. The highest BCUT2D eigenvalue weighted by atomic mass is 32.1. The molecule has 3 aromatic rings. The van der Waals surface area contributed by atoms with E-state index in [4.69, 9.17) is 8.94 Å². The summed E-state index contributed by atoms with van der Waals surface area (Å²) in [4.78, 5) is 15.6. The van der Waals surface area contributed by atoms with Crippen LogP contribution >= 0.6 is 11.3 Å². The van der Waals surface area contributed by atoms with Crippen LogP contribution in [0.1, 0.15) is 44.0 Å². The molecule has 0 bridgehead atoms. The van der Waals surface area contributed by atoms with Gasteiger partial charge in [-0.2, -0.15) is 4.98 Å². The highest BCUT2D eigenvalue weighted by molar-refractivity contribution is 7.13. The van der Waals surface area contributed by atoms with E-state index in [9.17, 15) is 0 Å². The third-order valence-electron chi connectivity index (χ3n) is 3.89. The number of aromatic nitrogens is 4. The van der Waals surface area contributed by atoms with E-state index < -0.39 is 0 Å². The minimum absolute atomic E-state index is 0.0874. The molecule has 0 N–H and O–H groups in total. The summed E-state index contributed by atoms with van der Waals surface area (Å²) < 4.78 is 10.9. The number of anilines is 1. The summed E-state index contributed by atoms with van der Waals surface area (Å²) in [6.07, 6.45) is 7.29. The fourth-order valence-electron chi connectivity index (χ4n) is 2.83. The standard InChI is InChI=1S/C15H17N5O2S/c1-2-4-12-17-10(9-21-12)13-18-14(22-19-13)11-5-3-7-20(11)15-16-6-8-23-15/h6,8-9,11H,2-5,7H2,1H3. The van der Waals surface area contributed by atoms with Crippen molar-refractivity contribution in [2.24, 2.45) is 0 Å². The Bertz CT molecular complexity index is 767. The average Bonchev–Trinajstić information content (AvgIpc) is 3.31. The molecule has 0 amide bonds. The first-order valence-corrected chi connectivity index (χ1v) is 8.67. The molecule has 1 aliphatic rings. The van der Waals surface area contributed by atoms with E-state index in [2.05, 4.69) is 31.9 Å². The van der Waals surface area contributed by atoms with Gasteiger partial charge >= 0.3 is 0 Å². The van der Waals surface area contributed by atoms with Gasteiger partial charge in [0.1, 0.15) is 18.0 Å². The van der Waals surface area contributed by atoms with Crippen LogP contribution in [0.25, 0.3) is 11.5 Å². The molecule has 1 aliphatic heterocycles. The number of aryl methyl sites for hydroxylation is 1. The van der Waals surface area contributed by atoms with Crippen molar-refractivity contribution in [3.8, 4) is 11.5 Å². The third-order valence-corrected chi connectivity index (χ3v) is 4.70. The quantitative estimate of drug-likeness (QED) is 0.708. The van der Waals surface area contributed by atoms with E-state index in [1.165, 1.54) is 0 Å². The van der Waals surface area contributed by atoms with Gasteiger partial charge in [-0.3, -0.25) is 0 Å². The van der Waals surface area contributed by atoms with Gasteiger partial charge < -0.3 is 13.8 Å². The Kier molecular flexibility index (Phi) is 3.82. The number of oxazole rings is 1. The summed E-state index contributed by atoms with van der Waals surface area (Å²) in [5, 5.41) is 7.05. The summed E-state index contributed by atoms with van der Waals surface area (Å²) in [6, 6.07) is 0.0874. The minimum Gasteiger partial charge on any atom is -0.448 e. The van der Waals surface area contributed by atoms with Crippen molar-refractivity contribution in [1.29, 1.82) is 0 Å². The van der Waals surface area contributed by atoms with Crippen LogP contribution in [0.5, 0.6) is 0 Å². The van der Waals surface area contributed by atoms with Gasteiger partial charge in [0.15, 0.2) is 11.0 Å². The maximum Gasteiger partial charge on any atom is 0.249 e. The minimum atomic E-state index is 0.0874. The van der Waals surface area contributed by atoms with Crippen LogP contribution in [0.4, 0.5) is 5.13 Å². The lowest BCUT2D eigenvalue weighted by Gasteiger charge is -2.20. The maximum absolute atomic E-state index is 5.49. The molecule has 3 aromatic heterocycles. The Hall–Kier alpha value is -2.22. The third kappa shape index (κ3) is 2.74. The van der Waals surface area contributed by atoms with Gasteiger partial charge in [0.2, 0.25) is 11.7 Å². The molecule has 4 rings (SSSR count). The van der Waals surface area contributed by atoms with Crippen LogP contribution in [0.2, 0.25) is 0 Å². The molecule has 7 nitrogen and oxygen atoms in total. The van der Waals surface area contributed by atoms with E-state index in [0.29, 0.717) is 23.3 Å². The second kappa shape index (κ2) is 6.11. The van der Waals surface area contributed by atoms with Crippen molar-refractivity contribution in [2.75, 3.05) is 11.4 Å². The van der Waals surface area contributed by atoms with E-state index in [1.54, 1.807) is 17.6 Å². The van der Waals surface area contributed by atoms with E-state index in [-0.39, 0.29) is 6.04 Å². The van der Waals surface area contributed by atoms with Crippen molar-refractivity contribution in [2.45, 2.75) is 38.6 Å². The van der Waals surface area contributed by atoms with Crippen molar-refractivity contribution < 1.29 is 8.94 Å². The zero-order valence-electron chi connectivity index (χ0n) is 12.8. The van der Waals surface area contributed by atoms with Crippen molar-refractivity contribution in [3.63, 3.8) is 0 Å². The smallest absolute Gasteiger partial charge is 0.249 e. The van der Waals surface area contributed by atoms with E-state index in [1.807, 2.05) is 11.6 Å². The van der Waals surface area contributed by atoms with Crippen molar-refractivity contribution in [3.05, 3.63) is 29.6 Å². The van der Waals surface area contributed by atoms with Crippen LogP contribution in [0.15, 0.2) is 26.8 Å². The predicted octanol–water partition coefficient (Wildman–Crippen LogP) is 3.48. The number of hydrogen-bond acceptors (Lipinski definition) is 8. The molecule has 1 saturated heterocycles. The molecule has 4 heterocycles. The molecule has 1 unspecified atom stereocenters. The van der Waals surface area contributed by atoms with Gasteiger partial charge in [-0.15, -0.1) is 11.3 Å². The molecule has 0 aliphatic carbocycles. The molecule has 1 atom stereocenters. The first-order valence-electron chi connectivity index (χ1n) is 7.79. The maximum atomic E-state index is 5.49. The summed E-state index contributed by atoms with van der Waals surface area (Å²) in [6.45, 7) is 3.05. The van der Waals surface area contributed by atoms with Crippen LogP contribution in [0, 0.1) is 0 Å². The van der Waals surface area contributed by atoms with Gasteiger partial charge in [-0.05, 0) is 19.3 Å². The Morgan fingerprint density at radius 2 is 2.35 bits per heavy atom. The molecule has 8 heteroatoms. The normalized spacial score (nSPS) is 18.0. The lowest BCUT2D eigenvalue weighted by molar-refractivity contribution is 0.355. The molecule has 23 heavy (non-hydrogen) atoms. The van der Waals surface area contributed by atoms with Crippen molar-refractivity contribution in [1.82, 2.24) is 20.1 Å². The van der Waals surface area contributed by atoms with Crippen LogP contribution in [0.3, 0.4) is 0 Å². The summed E-state index contributed by atoms with van der Waals surface area (Å²) in [5.41, 5.74) is 0.627. The van der Waals surface area contributed by atoms with Crippen LogP contribution < -0.4 is 4.90 Å². The van der Waals surface area contributed by atoms with Crippen LogP contribution in [-0.4, -0.2) is 26.7 Å². The van der Waals surface area contributed by atoms with Crippen molar-refractivity contribution >= 4 is 16.5 Å². The zero-order valence-corrected chi connectivity index (χ0v) is 13.6. The van der Waals surface area contributed by atoms with Gasteiger partial charge in [0.25, 0.3) is 0 Å². The van der Waals surface area contributed by atoms with Gasteiger partial charge in [0, 0.05) is 24.5 Å². The topological polar surface area (TPSA) is 81.1 Å². The van der Waals surface area contributed by atoms with Gasteiger partial charge in [0.05, 0.1) is 0 Å². The Labute approximate surface area is 137 Å². The highest BCUT2D eigenvalue weighted by Gasteiger charge is 2.32. The van der Waals surface area contributed by atoms with Crippen LogP contribution in [-0.2, 0) is 6.42 Å². The first kappa shape index (κ1) is 14.4. The lowest BCUT2D eigenvalue weighted by atomic mass is 10.2. The molecule has 0 radical (unpaired) electrons. The SMILES string of the molecule is CCCc1nc(-c2noc(C3CCCN3c3nccs3)n2)co1. The molecule has 1 fully saturated rings. The fraction of sp³-hybridized carbons (Fsp3) is 0.467. The number of thiazole rings is 1. The molecular formula is C15H17N5O2S. The van der Waals surface area contributed by atoms with E-state index in [0.717, 1.165) is 37.4 Å². The second-order valence-corrected chi connectivity index (χ2v) is 6.37. The summed E-state index contributed by atoms with van der Waals surface area (Å²) in [7, 11) is 0. The lowest BCUT2D eigenvalue weighted by Crippen LogP contribution is -2.22. The largest absolute Gasteiger partial charge is 0.448 e. The number of nitrogens with zero attached hydrogens (tertiary/aromatic N) is 5.